The Kier molecular flexibility index (Phi) is 8.20. The molecule has 2 aromatic carbocycles. The Morgan fingerprint density at radius 1 is 0.966 bits per heavy atom. The fourth-order valence-corrected chi connectivity index (χ4v) is 3.54. The van der Waals surface area contributed by atoms with Gasteiger partial charge in [0.15, 0.2) is 6.61 Å². The van der Waals surface area contributed by atoms with Crippen LogP contribution in [0, 0.1) is 0 Å². The Morgan fingerprint density at radius 2 is 1.55 bits per heavy atom. The lowest BCUT2D eigenvalue weighted by atomic mass is 9.92. The summed E-state index contributed by atoms with van der Waals surface area (Å²) < 4.78 is 30.4. The number of hydrogen-bond donors (Lipinski definition) is 1. The largest absolute Gasteiger partial charge is 0.452 e. The number of anilines is 1. The van der Waals surface area contributed by atoms with E-state index in [0.29, 0.717) is 0 Å². The summed E-state index contributed by atoms with van der Waals surface area (Å²) in [6.45, 7) is 7.63. The Morgan fingerprint density at radius 3 is 2.10 bits per heavy atom. The number of rotatable bonds is 8. The zero-order chi connectivity index (χ0) is 21.6. The number of amides is 1. The van der Waals surface area contributed by atoms with Crippen LogP contribution in [0.5, 0.6) is 0 Å². The predicted molar refractivity (Wildman–Crippen MR) is 112 cm³/mol. The zero-order valence-electron chi connectivity index (χ0n) is 16.9. The highest BCUT2D eigenvalue weighted by atomic mass is 32.2. The summed E-state index contributed by atoms with van der Waals surface area (Å²) in [5.74, 6) is -3.55. The molecule has 0 saturated carbocycles. The van der Waals surface area contributed by atoms with Crippen LogP contribution in [-0.4, -0.2) is 24.2 Å². The number of nitrogens with one attached hydrogen (secondary N) is 1. The maximum Gasteiger partial charge on any atom is 0.339 e. The molecule has 0 aliphatic heterocycles. The van der Waals surface area contributed by atoms with Gasteiger partial charge in [0, 0.05) is 10.6 Å². The van der Waals surface area contributed by atoms with Gasteiger partial charge in [-0.15, -0.1) is 0 Å². The second-order valence-corrected chi connectivity index (χ2v) is 8.15. The van der Waals surface area contributed by atoms with Crippen LogP contribution in [-0.2, 0) is 9.53 Å². The van der Waals surface area contributed by atoms with Crippen molar-refractivity contribution < 1.29 is 23.1 Å². The lowest BCUT2D eigenvalue weighted by Crippen LogP contribution is -2.23. The third-order valence-electron chi connectivity index (χ3n) is 4.29. The van der Waals surface area contributed by atoms with E-state index in [9.17, 15) is 18.4 Å². The first-order valence-corrected chi connectivity index (χ1v) is 10.2. The minimum absolute atomic E-state index is 0.0102. The highest BCUT2D eigenvalue weighted by molar-refractivity contribution is 7.99. The van der Waals surface area contributed by atoms with E-state index >= 15 is 0 Å². The number of benzene rings is 2. The highest BCUT2D eigenvalue weighted by Crippen LogP contribution is 2.32. The molecule has 0 aliphatic rings. The van der Waals surface area contributed by atoms with Crippen LogP contribution in [0.3, 0.4) is 0 Å². The number of esters is 1. The molecule has 7 heteroatoms. The van der Waals surface area contributed by atoms with Crippen molar-refractivity contribution in [1.82, 2.24) is 0 Å². The Balaban J connectivity index is 2.11. The second-order valence-electron chi connectivity index (χ2n) is 7.12. The summed E-state index contributed by atoms with van der Waals surface area (Å²) in [4.78, 5) is 24.9. The molecule has 1 N–H and O–H groups in total. The van der Waals surface area contributed by atoms with Crippen molar-refractivity contribution in [3.63, 3.8) is 0 Å². The van der Waals surface area contributed by atoms with E-state index < -0.39 is 24.2 Å². The van der Waals surface area contributed by atoms with E-state index in [4.69, 9.17) is 4.74 Å². The average Bonchev–Trinajstić information content (AvgIpc) is 2.65. The minimum Gasteiger partial charge on any atom is -0.452 e. The van der Waals surface area contributed by atoms with E-state index in [-0.39, 0.29) is 34.1 Å². The van der Waals surface area contributed by atoms with Gasteiger partial charge in [-0.05, 0) is 35.1 Å². The molecule has 0 heterocycles. The molecule has 0 atom stereocenters. The molecule has 4 nitrogen and oxygen atoms in total. The molecular formula is C22H25F2NO3S. The third kappa shape index (κ3) is 6.29. The molecule has 0 unspecified atom stereocenters. The number of alkyl halides is 2. The van der Waals surface area contributed by atoms with Gasteiger partial charge < -0.3 is 10.1 Å². The molecule has 2 aromatic rings. The van der Waals surface area contributed by atoms with Gasteiger partial charge in [-0.25, -0.2) is 4.79 Å². The molecular weight excluding hydrogens is 396 g/mol. The van der Waals surface area contributed by atoms with Crippen LogP contribution >= 0.6 is 11.8 Å². The monoisotopic (exact) mass is 421 g/mol. The van der Waals surface area contributed by atoms with Crippen LogP contribution < -0.4 is 5.32 Å². The van der Waals surface area contributed by atoms with Gasteiger partial charge >= 0.3 is 5.97 Å². The summed E-state index contributed by atoms with van der Waals surface area (Å²) in [6, 6.07) is 11.8. The highest BCUT2D eigenvalue weighted by Gasteiger charge is 2.19. The van der Waals surface area contributed by atoms with Crippen LogP contribution in [0.4, 0.5) is 14.5 Å². The molecule has 0 bridgehead atoms. The van der Waals surface area contributed by atoms with Crippen molar-refractivity contribution in [3.05, 3.63) is 59.2 Å². The first-order valence-electron chi connectivity index (χ1n) is 9.34. The quantitative estimate of drug-likeness (QED) is 0.417. The first-order chi connectivity index (χ1) is 13.7. The van der Waals surface area contributed by atoms with Gasteiger partial charge in [0.25, 0.3) is 11.7 Å². The predicted octanol–water partition coefficient (Wildman–Crippen LogP) is 6.04. The van der Waals surface area contributed by atoms with E-state index in [1.807, 2.05) is 45.9 Å². The maximum atomic E-state index is 12.7. The summed E-state index contributed by atoms with van der Waals surface area (Å²) >= 11 is 0.266. The molecule has 0 fully saturated rings. The van der Waals surface area contributed by atoms with Crippen LogP contribution in [0.2, 0.25) is 0 Å². The van der Waals surface area contributed by atoms with E-state index in [2.05, 4.69) is 5.32 Å². The van der Waals surface area contributed by atoms with Crippen LogP contribution in [0.15, 0.2) is 47.4 Å². The lowest BCUT2D eigenvalue weighted by Gasteiger charge is -2.20. The molecule has 0 aromatic heterocycles. The number of carbonyl (C=O) groups excluding carboxylic acids is 2. The maximum absolute atomic E-state index is 12.7. The van der Waals surface area contributed by atoms with Gasteiger partial charge in [0.05, 0.1) is 5.56 Å². The van der Waals surface area contributed by atoms with Crippen LogP contribution in [0.25, 0.3) is 0 Å². The van der Waals surface area contributed by atoms with Gasteiger partial charge in [-0.1, -0.05) is 69.8 Å². The van der Waals surface area contributed by atoms with Crippen LogP contribution in [0.1, 0.15) is 61.0 Å². The fraction of sp³-hybridized carbons (Fsp3) is 0.364. The SMILES string of the molecule is CC(C)c1cccc(C(C)C)c1NC(=O)COC(=O)c1ccccc1SC(F)F. The number of ether oxygens (including phenoxy) is 1. The standard InChI is InChI=1S/C22H25F2NO3S/c1-13(2)15-9-7-10-16(14(3)4)20(15)25-19(26)12-28-21(27)17-8-5-6-11-18(17)29-22(23)24/h5-11,13-14,22H,12H2,1-4H3,(H,25,26). The van der Waals surface area contributed by atoms with Gasteiger partial charge in [0.2, 0.25) is 0 Å². The van der Waals surface area contributed by atoms with Gasteiger partial charge in [-0.2, -0.15) is 8.78 Å². The smallest absolute Gasteiger partial charge is 0.339 e. The topological polar surface area (TPSA) is 55.4 Å². The molecule has 0 radical (unpaired) electrons. The number of thioether (sulfide) groups is 1. The summed E-state index contributed by atoms with van der Waals surface area (Å²) in [7, 11) is 0. The molecule has 1 amide bonds. The lowest BCUT2D eigenvalue weighted by molar-refractivity contribution is -0.119. The van der Waals surface area contributed by atoms with E-state index in [0.717, 1.165) is 16.8 Å². The minimum atomic E-state index is -2.66. The van der Waals surface area contributed by atoms with Gasteiger partial charge in [0.1, 0.15) is 0 Å². The molecule has 0 aliphatic carbocycles. The van der Waals surface area contributed by atoms with Crippen molar-refractivity contribution >= 4 is 29.3 Å². The number of para-hydroxylation sites is 1. The van der Waals surface area contributed by atoms with Crippen molar-refractivity contribution in [2.24, 2.45) is 0 Å². The third-order valence-corrected chi connectivity index (χ3v) is 5.08. The van der Waals surface area contributed by atoms with Gasteiger partial charge in [-0.3, -0.25) is 4.79 Å². The molecule has 0 spiro atoms. The molecule has 2 rings (SSSR count). The summed E-state index contributed by atoms with van der Waals surface area (Å²) in [6.07, 6.45) is 0. The van der Waals surface area contributed by atoms with Crippen molar-refractivity contribution in [1.29, 1.82) is 0 Å². The Bertz CT molecular complexity index is 843. The van der Waals surface area contributed by atoms with Crippen molar-refractivity contribution in [3.8, 4) is 0 Å². The normalized spacial score (nSPS) is 11.2. The Hall–Kier alpha value is -2.41. The Labute approximate surface area is 174 Å². The van der Waals surface area contributed by atoms with Crippen molar-refractivity contribution in [2.45, 2.75) is 50.2 Å². The van der Waals surface area contributed by atoms with E-state index in [1.165, 1.54) is 12.1 Å². The second kappa shape index (κ2) is 10.4. The number of carbonyl (C=O) groups is 2. The van der Waals surface area contributed by atoms with Crippen molar-refractivity contribution in [2.75, 3.05) is 11.9 Å². The first kappa shape index (κ1) is 22.9. The average molecular weight is 422 g/mol. The number of halogens is 2. The summed E-state index contributed by atoms with van der Waals surface area (Å²) in [5.41, 5.74) is 2.73. The fourth-order valence-electron chi connectivity index (χ4n) is 2.91. The summed E-state index contributed by atoms with van der Waals surface area (Å²) in [5, 5.41) is 2.85. The zero-order valence-corrected chi connectivity index (χ0v) is 17.7. The molecule has 29 heavy (non-hydrogen) atoms. The number of hydrogen-bond acceptors (Lipinski definition) is 4. The van der Waals surface area contributed by atoms with E-state index in [1.54, 1.807) is 12.1 Å². The molecule has 156 valence electrons. The molecule has 0 saturated heterocycles.